The molecule has 1 aromatic carbocycles. The van der Waals surface area contributed by atoms with Crippen LogP contribution in [0.25, 0.3) is 6.08 Å². The molecule has 1 amide bonds. The van der Waals surface area contributed by atoms with Crippen molar-refractivity contribution in [1.82, 2.24) is 25.1 Å². The summed E-state index contributed by atoms with van der Waals surface area (Å²) in [5, 5.41) is 6.10. The number of imidazole rings is 1. The molecule has 2 N–H and O–H groups in total. The van der Waals surface area contributed by atoms with Crippen molar-refractivity contribution in [3.63, 3.8) is 0 Å². The zero-order valence-electron chi connectivity index (χ0n) is 30.2. The van der Waals surface area contributed by atoms with E-state index in [4.69, 9.17) is 4.74 Å². The highest BCUT2D eigenvalue weighted by Crippen LogP contribution is 2.21. The molecular weight excluding hydrogens is 632 g/mol. The lowest BCUT2D eigenvalue weighted by molar-refractivity contribution is -0.116. The highest BCUT2D eigenvalue weighted by Gasteiger charge is 2.15. The second-order valence-corrected chi connectivity index (χ2v) is 12.0. The monoisotopic (exact) mass is 689 g/mol. The summed E-state index contributed by atoms with van der Waals surface area (Å²) in [4.78, 5) is 17.9. The van der Waals surface area contributed by atoms with Crippen LogP contribution < -0.4 is 10.6 Å². The molecule has 1 aliphatic heterocycles. The second kappa shape index (κ2) is 25.8. The molecule has 0 aliphatic carbocycles. The van der Waals surface area contributed by atoms with Crippen LogP contribution in [0.1, 0.15) is 71.4 Å². The highest BCUT2D eigenvalue weighted by atomic mass is 31.0. The van der Waals surface area contributed by atoms with Crippen LogP contribution in [0, 0.1) is 18.8 Å². The van der Waals surface area contributed by atoms with Crippen molar-refractivity contribution in [3.8, 4) is 12.8 Å². The van der Waals surface area contributed by atoms with Gasteiger partial charge < -0.3 is 24.8 Å². The number of allylic oxidation sites excluding steroid dienone is 5. The average molecular weight is 690 g/mol. The van der Waals surface area contributed by atoms with Crippen molar-refractivity contribution < 1.29 is 13.9 Å². The van der Waals surface area contributed by atoms with Crippen LogP contribution in [-0.2, 0) is 22.7 Å². The Bertz CT molecular complexity index is 1420. The van der Waals surface area contributed by atoms with Gasteiger partial charge in [0, 0.05) is 44.1 Å². The number of hydrogen-bond acceptors (Lipinski definition) is 5. The normalized spacial score (nSPS) is 13.9. The van der Waals surface area contributed by atoms with E-state index in [1.807, 2.05) is 42.8 Å². The quantitative estimate of drug-likeness (QED) is 0.0413. The van der Waals surface area contributed by atoms with Crippen molar-refractivity contribution in [3.05, 3.63) is 107 Å². The maximum atomic E-state index is 15.2. The number of nitrogens with one attached hydrogen (secondary N) is 2. The Kier molecular flexibility index (Phi) is 22.5. The smallest absolute Gasteiger partial charge is 0.251 e. The number of aryl methyl sites for hydroxylation is 1. The van der Waals surface area contributed by atoms with E-state index in [2.05, 4.69) is 87.8 Å². The van der Waals surface area contributed by atoms with Gasteiger partial charge in [-0.15, -0.1) is 21.7 Å². The predicted molar refractivity (Wildman–Crippen MR) is 208 cm³/mol. The Hall–Kier alpha value is -4.18. The maximum Gasteiger partial charge on any atom is 0.251 e. The molecule has 7 nitrogen and oxygen atoms in total. The van der Waals surface area contributed by atoms with E-state index in [1.165, 1.54) is 12.8 Å². The number of ether oxygens (including phenoxy) is 1. The lowest BCUT2D eigenvalue weighted by Gasteiger charge is -2.19. The largest absolute Gasteiger partial charge is 0.487 e. The molecule has 2 heterocycles. The van der Waals surface area contributed by atoms with Gasteiger partial charge in [-0.1, -0.05) is 75.4 Å². The molecule has 1 aromatic heterocycles. The molecule has 49 heavy (non-hydrogen) atoms. The number of halogens is 1. The first-order valence-corrected chi connectivity index (χ1v) is 17.6. The Morgan fingerprint density at radius 1 is 1.16 bits per heavy atom. The molecule has 1 saturated heterocycles. The molecule has 3 rings (SSSR count). The van der Waals surface area contributed by atoms with Gasteiger partial charge in [-0.2, -0.15) is 0 Å². The van der Waals surface area contributed by atoms with E-state index in [0.717, 1.165) is 55.7 Å². The van der Waals surface area contributed by atoms with Gasteiger partial charge in [0.2, 0.25) is 0 Å². The van der Waals surface area contributed by atoms with E-state index >= 15 is 4.39 Å². The SMILES string of the molecule is C#C.C/C=C(\C=P)C(=O)NCCCn1ccnc1.C=C(OCc1ccccc1/C=C\CC)/C(NCCN1CCCC1)=C(F)\C=C(\C)C(C)C. The standard InChI is InChI=1S/C27H39FN2O.C11H16N3OP.C2H2/c1-6-7-12-24-13-8-9-14-25(24)20-31-23(5)27(26(28)19-22(4)21(2)3)29-15-18-30-16-10-11-17-30;1-2-10(8-16)11(15)13-4-3-6-14-7-5-12-9-14;1-2/h7-9,12-14,19,21,29H,5-6,10-11,15-18,20H2,1-4H3;2,5,7-9,16H,3-4,6H2,1H3,(H,13,15);1-2H/b12-7-,22-19-,27-26-;10-2+;. The number of hydrogen-bond donors (Lipinski definition) is 2. The molecule has 266 valence electrons. The summed E-state index contributed by atoms with van der Waals surface area (Å²) in [6.07, 6.45) is 25.4. The van der Waals surface area contributed by atoms with E-state index in [-0.39, 0.29) is 17.7 Å². The number of carbonyl (C=O) groups is 1. The molecule has 1 aliphatic rings. The van der Waals surface area contributed by atoms with Gasteiger partial charge >= 0.3 is 0 Å². The van der Waals surface area contributed by atoms with Gasteiger partial charge in [0.15, 0.2) is 0 Å². The molecule has 0 radical (unpaired) electrons. The first-order chi connectivity index (χ1) is 23.7. The number of terminal acetylenes is 1. The van der Waals surface area contributed by atoms with E-state index in [1.54, 1.807) is 30.5 Å². The molecule has 0 bridgehead atoms. The fraction of sp³-hybridized carbons (Fsp3) is 0.425. The number of carbonyl (C=O) groups excluding carboxylic acids is 1. The Morgan fingerprint density at radius 3 is 2.49 bits per heavy atom. The first kappa shape index (κ1) is 42.8. The molecule has 0 unspecified atom stereocenters. The zero-order chi connectivity index (χ0) is 36.4. The number of rotatable bonds is 18. The van der Waals surface area contributed by atoms with E-state index < -0.39 is 0 Å². The summed E-state index contributed by atoms with van der Waals surface area (Å²) in [5.74, 6) is 1.86. The Labute approximate surface area is 297 Å². The number of amides is 1. The molecule has 0 saturated carbocycles. The number of likely N-dealkylation sites (tertiary alicyclic amines) is 1. The van der Waals surface area contributed by atoms with Crippen LogP contribution in [0.2, 0.25) is 0 Å². The lowest BCUT2D eigenvalue weighted by Crippen LogP contribution is -2.30. The number of benzene rings is 1. The van der Waals surface area contributed by atoms with E-state index in [9.17, 15) is 4.79 Å². The maximum absolute atomic E-state index is 15.2. The predicted octanol–water partition coefficient (Wildman–Crippen LogP) is 8.14. The molecule has 9 heteroatoms. The fourth-order valence-corrected chi connectivity index (χ4v) is 4.97. The molecule has 0 spiro atoms. The van der Waals surface area contributed by atoms with Crippen molar-refractivity contribution in [2.24, 2.45) is 5.92 Å². The van der Waals surface area contributed by atoms with Gasteiger partial charge in [0.1, 0.15) is 23.9 Å². The molecular formula is C40H57FN5O2P. The van der Waals surface area contributed by atoms with Crippen LogP contribution in [0.4, 0.5) is 4.39 Å². The van der Waals surface area contributed by atoms with E-state index in [0.29, 0.717) is 36.7 Å². The fourth-order valence-electron chi connectivity index (χ4n) is 4.67. The van der Waals surface area contributed by atoms with Crippen LogP contribution >= 0.6 is 8.86 Å². The van der Waals surface area contributed by atoms with Crippen molar-refractivity contribution in [2.45, 2.75) is 73.5 Å². The minimum Gasteiger partial charge on any atom is -0.487 e. The summed E-state index contributed by atoms with van der Waals surface area (Å²) >= 11 is 0. The highest BCUT2D eigenvalue weighted by molar-refractivity contribution is 7.19. The first-order valence-electron chi connectivity index (χ1n) is 17.0. The summed E-state index contributed by atoms with van der Waals surface area (Å²) in [5.41, 5.74) is 4.14. The number of nitrogens with zero attached hydrogens (tertiary/aromatic N) is 3. The van der Waals surface area contributed by atoms with Crippen molar-refractivity contribution in [1.29, 1.82) is 0 Å². The van der Waals surface area contributed by atoms with Gasteiger partial charge in [-0.05, 0) is 81.5 Å². The van der Waals surface area contributed by atoms with Crippen LogP contribution in [-0.4, -0.2) is 58.9 Å². The third-order valence-corrected chi connectivity index (χ3v) is 8.18. The third kappa shape index (κ3) is 17.2. The van der Waals surface area contributed by atoms with Gasteiger partial charge in [0.25, 0.3) is 5.91 Å². The summed E-state index contributed by atoms with van der Waals surface area (Å²) in [6.45, 7) is 19.7. The van der Waals surface area contributed by atoms with Crippen molar-refractivity contribution in [2.75, 3.05) is 32.7 Å². The second-order valence-electron chi connectivity index (χ2n) is 11.8. The number of aromatic nitrogens is 2. The third-order valence-electron chi connectivity index (χ3n) is 7.87. The van der Waals surface area contributed by atoms with Gasteiger partial charge in [-0.3, -0.25) is 4.79 Å². The topological polar surface area (TPSA) is 71.4 Å². The van der Waals surface area contributed by atoms with Crippen molar-refractivity contribution >= 4 is 26.6 Å². The molecule has 2 aromatic rings. The Morgan fingerprint density at radius 2 is 1.88 bits per heavy atom. The molecule has 0 atom stereocenters. The van der Waals surface area contributed by atoms with Crippen LogP contribution in [0.3, 0.4) is 0 Å². The van der Waals surface area contributed by atoms with Crippen LogP contribution in [0.5, 0.6) is 0 Å². The zero-order valence-corrected chi connectivity index (χ0v) is 31.2. The minimum absolute atomic E-state index is 0.0527. The summed E-state index contributed by atoms with van der Waals surface area (Å²) in [6, 6.07) is 8.10. The van der Waals surface area contributed by atoms with Gasteiger partial charge in [-0.25, -0.2) is 9.37 Å². The lowest BCUT2D eigenvalue weighted by atomic mass is 10.0. The summed E-state index contributed by atoms with van der Waals surface area (Å²) < 4.78 is 23.1. The molecule has 1 fully saturated rings. The summed E-state index contributed by atoms with van der Waals surface area (Å²) in [7, 11) is 3.20. The Balaban J connectivity index is 0.000000560. The van der Waals surface area contributed by atoms with Crippen LogP contribution in [0.15, 0.2) is 96.2 Å². The minimum atomic E-state index is -0.322. The van der Waals surface area contributed by atoms with Gasteiger partial charge in [0.05, 0.1) is 6.33 Å². The average Bonchev–Trinajstić information content (AvgIpc) is 3.84.